The fraction of sp³-hybridized carbons (Fsp3) is 0.300. The van der Waals surface area contributed by atoms with E-state index in [-0.39, 0.29) is 11.3 Å². The van der Waals surface area contributed by atoms with Gasteiger partial charge in [0.2, 0.25) is 11.9 Å². The van der Waals surface area contributed by atoms with Crippen molar-refractivity contribution in [3.8, 4) is 0 Å². The van der Waals surface area contributed by atoms with Gasteiger partial charge in [-0.3, -0.25) is 10.2 Å². The average Bonchev–Trinajstić information content (AvgIpc) is 3.19. The first-order chi connectivity index (χ1) is 14.3. The number of nitrogens with one attached hydrogen (secondary N) is 3. The van der Waals surface area contributed by atoms with Crippen LogP contribution in [0.15, 0.2) is 29.6 Å². The van der Waals surface area contributed by atoms with E-state index >= 15 is 0 Å². The molecule has 0 aliphatic heterocycles. The summed E-state index contributed by atoms with van der Waals surface area (Å²) in [5.74, 6) is -0.681. The van der Waals surface area contributed by atoms with Gasteiger partial charge >= 0.3 is 0 Å². The van der Waals surface area contributed by atoms with E-state index in [2.05, 4.69) is 30.9 Å². The summed E-state index contributed by atoms with van der Waals surface area (Å²) in [6, 6.07) is 3.07. The van der Waals surface area contributed by atoms with Crippen LogP contribution in [-0.4, -0.2) is 37.9 Å². The highest BCUT2D eigenvalue weighted by Gasteiger charge is 2.43. The van der Waals surface area contributed by atoms with E-state index in [4.69, 9.17) is 5.41 Å². The van der Waals surface area contributed by atoms with Gasteiger partial charge in [-0.2, -0.15) is 9.49 Å². The average molecular weight is 408 g/mol. The number of carbonyl (C=O) groups excluding carboxylic acids is 1. The monoisotopic (exact) mass is 408 g/mol. The first-order valence-electron chi connectivity index (χ1n) is 9.40. The zero-order valence-electron chi connectivity index (χ0n) is 16.8. The molecule has 3 heterocycles. The number of nitrogens with zero attached hydrogens (tertiary/aromatic N) is 5. The first-order valence-corrected chi connectivity index (χ1v) is 9.40. The molecule has 10 heteroatoms. The van der Waals surface area contributed by atoms with Crippen LogP contribution in [0, 0.1) is 18.3 Å². The number of anilines is 2. The summed E-state index contributed by atoms with van der Waals surface area (Å²) in [6.07, 6.45) is 6.09. The number of rotatable bonds is 5. The highest BCUT2D eigenvalue weighted by molar-refractivity contribution is 6.14. The van der Waals surface area contributed by atoms with Gasteiger partial charge in [-0.25, -0.2) is 14.5 Å². The zero-order chi connectivity index (χ0) is 21.5. The minimum absolute atomic E-state index is 0.181. The van der Waals surface area contributed by atoms with Crippen LogP contribution in [0.25, 0.3) is 5.65 Å². The first kappa shape index (κ1) is 19.6. The van der Waals surface area contributed by atoms with Gasteiger partial charge in [-0.1, -0.05) is 13.8 Å². The molecule has 3 N–H and O–H groups in total. The predicted octanol–water partition coefficient (Wildman–Crippen LogP) is 3.02. The topological polar surface area (TPSA) is 120 Å². The van der Waals surface area contributed by atoms with E-state index in [1.165, 1.54) is 16.8 Å². The molecule has 1 aliphatic carbocycles. The summed E-state index contributed by atoms with van der Waals surface area (Å²) in [4.78, 5) is 21.6. The molecule has 3 aromatic heterocycles. The van der Waals surface area contributed by atoms with E-state index in [1.54, 1.807) is 18.5 Å². The summed E-state index contributed by atoms with van der Waals surface area (Å²) in [6.45, 7) is 5.87. The number of carbonyl (C=O) groups is 1. The van der Waals surface area contributed by atoms with Crippen LogP contribution >= 0.6 is 0 Å². The molecule has 3 aromatic rings. The lowest BCUT2D eigenvalue weighted by Gasteiger charge is -2.19. The molecule has 9 nitrogen and oxygen atoms in total. The van der Waals surface area contributed by atoms with Crippen molar-refractivity contribution in [2.24, 2.45) is 5.10 Å². The number of hydrogen-bond acceptors (Lipinski definition) is 7. The van der Waals surface area contributed by atoms with Crippen molar-refractivity contribution < 1.29 is 9.18 Å². The number of aromatic nitrogens is 4. The zero-order valence-corrected chi connectivity index (χ0v) is 16.8. The van der Waals surface area contributed by atoms with Crippen LogP contribution in [-0.2, 0) is 10.2 Å². The number of aryl methyl sites for hydroxylation is 1. The molecule has 0 spiro atoms. The maximum Gasteiger partial charge on any atom is 0.235 e. The molecular weight excluding hydrogens is 387 g/mol. The van der Waals surface area contributed by atoms with Crippen molar-refractivity contribution in [2.75, 3.05) is 10.7 Å². The van der Waals surface area contributed by atoms with E-state index < -0.39 is 11.9 Å². The quantitative estimate of drug-likeness (QED) is 0.443. The van der Waals surface area contributed by atoms with Crippen LogP contribution < -0.4 is 10.7 Å². The van der Waals surface area contributed by atoms with Crippen molar-refractivity contribution in [1.29, 1.82) is 5.41 Å². The molecule has 30 heavy (non-hydrogen) atoms. The summed E-state index contributed by atoms with van der Waals surface area (Å²) < 4.78 is 15.2. The fourth-order valence-electron chi connectivity index (χ4n) is 3.93. The smallest absolute Gasteiger partial charge is 0.235 e. The fourth-order valence-corrected chi connectivity index (χ4v) is 3.93. The number of amides is 1. The van der Waals surface area contributed by atoms with Gasteiger partial charge in [0, 0.05) is 29.5 Å². The Kier molecular flexibility index (Phi) is 4.76. The summed E-state index contributed by atoms with van der Waals surface area (Å²) in [7, 11) is 0. The molecule has 1 atom stereocenters. The SMILES string of the molecule is Cc1cc(NC(=O)C2CC(C)(C)c3c2cnc2cc(F)nn32)cnc1N/N=C\C=N. The highest BCUT2D eigenvalue weighted by Crippen LogP contribution is 2.45. The number of fused-ring (bicyclic) bond motifs is 3. The van der Waals surface area contributed by atoms with Crippen molar-refractivity contribution >= 4 is 35.5 Å². The second-order valence-corrected chi connectivity index (χ2v) is 7.88. The molecule has 0 fully saturated rings. The molecule has 1 aliphatic rings. The van der Waals surface area contributed by atoms with Gasteiger partial charge in [0.15, 0.2) is 5.65 Å². The third-order valence-corrected chi connectivity index (χ3v) is 5.19. The van der Waals surface area contributed by atoms with Gasteiger partial charge in [0.1, 0.15) is 5.82 Å². The second kappa shape index (κ2) is 7.29. The van der Waals surface area contributed by atoms with Gasteiger partial charge in [-0.15, -0.1) is 5.10 Å². The molecule has 0 saturated heterocycles. The predicted molar refractivity (Wildman–Crippen MR) is 112 cm³/mol. The van der Waals surface area contributed by atoms with Crippen LogP contribution in [0.1, 0.15) is 43.0 Å². The van der Waals surface area contributed by atoms with E-state index in [0.717, 1.165) is 23.0 Å². The molecule has 0 bridgehead atoms. The van der Waals surface area contributed by atoms with Crippen molar-refractivity contribution in [1.82, 2.24) is 19.6 Å². The minimum Gasteiger partial charge on any atom is -0.324 e. The van der Waals surface area contributed by atoms with Crippen LogP contribution in [0.5, 0.6) is 0 Å². The Balaban J connectivity index is 1.60. The summed E-state index contributed by atoms with van der Waals surface area (Å²) in [5.41, 5.74) is 5.69. The standard InChI is InChI=1S/C20H21FN8O/c1-11-6-12(9-24-18(11)27-25-5-4-22)26-19(30)13-8-20(2,3)17-14(13)10-23-16-7-15(21)28-29(16)17/h4-7,9-10,13,22H,8H2,1-3H3,(H,24,27)(H,26,30)/b22-4?,25-5-. The normalized spacial score (nSPS) is 17.3. The van der Waals surface area contributed by atoms with E-state index in [0.29, 0.717) is 23.6 Å². The third kappa shape index (κ3) is 3.40. The van der Waals surface area contributed by atoms with Crippen LogP contribution in [0.3, 0.4) is 0 Å². The van der Waals surface area contributed by atoms with E-state index in [9.17, 15) is 9.18 Å². The van der Waals surface area contributed by atoms with Gasteiger partial charge < -0.3 is 10.7 Å². The summed E-state index contributed by atoms with van der Waals surface area (Å²) in [5, 5.41) is 17.6. The lowest BCUT2D eigenvalue weighted by atomic mass is 9.88. The molecular formula is C20H21FN8O. The highest BCUT2D eigenvalue weighted by atomic mass is 19.1. The molecule has 0 saturated carbocycles. The molecule has 0 aromatic carbocycles. The number of halogens is 1. The van der Waals surface area contributed by atoms with E-state index in [1.807, 2.05) is 20.8 Å². The van der Waals surface area contributed by atoms with Crippen molar-refractivity contribution in [3.63, 3.8) is 0 Å². The Morgan fingerprint density at radius 1 is 1.37 bits per heavy atom. The number of hydrogen-bond donors (Lipinski definition) is 3. The van der Waals surface area contributed by atoms with Crippen molar-refractivity contribution in [3.05, 3.63) is 47.3 Å². The van der Waals surface area contributed by atoms with Gasteiger partial charge in [-0.05, 0) is 25.0 Å². The number of hydrazone groups is 1. The molecule has 1 amide bonds. The Labute approximate surface area is 171 Å². The Morgan fingerprint density at radius 3 is 2.90 bits per heavy atom. The largest absolute Gasteiger partial charge is 0.324 e. The number of pyridine rings is 1. The Hall–Kier alpha value is -3.69. The van der Waals surface area contributed by atoms with Crippen molar-refractivity contribution in [2.45, 2.75) is 38.5 Å². The molecule has 1 unspecified atom stereocenters. The maximum atomic E-state index is 13.7. The summed E-state index contributed by atoms with van der Waals surface area (Å²) >= 11 is 0. The minimum atomic E-state index is -0.597. The Bertz CT molecular complexity index is 1180. The van der Waals surface area contributed by atoms with Gasteiger partial charge in [0.05, 0.1) is 29.7 Å². The van der Waals surface area contributed by atoms with Crippen LogP contribution in [0.4, 0.5) is 15.9 Å². The van der Waals surface area contributed by atoms with Gasteiger partial charge in [0.25, 0.3) is 0 Å². The molecule has 0 radical (unpaired) electrons. The second-order valence-electron chi connectivity index (χ2n) is 7.88. The lowest BCUT2D eigenvalue weighted by molar-refractivity contribution is -0.117. The molecule has 154 valence electrons. The lowest BCUT2D eigenvalue weighted by Crippen LogP contribution is -2.21. The third-order valence-electron chi connectivity index (χ3n) is 5.19. The molecule has 4 rings (SSSR count). The van der Waals surface area contributed by atoms with Crippen LogP contribution in [0.2, 0.25) is 0 Å². The maximum absolute atomic E-state index is 13.7. The Morgan fingerprint density at radius 2 is 2.17 bits per heavy atom.